The van der Waals surface area contributed by atoms with Gasteiger partial charge < -0.3 is 5.73 Å². The molecule has 0 aliphatic carbocycles. The maximum atomic E-state index is 12.2. The van der Waals surface area contributed by atoms with Gasteiger partial charge in [-0.2, -0.15) is 4.31 Å². The molecule has 1 aromatic carbocycles. The number of hydrogen-bond donors (Lipinski definition) is 1. The van der Waals surface area contributed by atoms with Gasteiger partial charge in [0.15, 0.2) is 0 Å². The van der Waals surface area contributed by atoms with E-state index < -0.39 is 10.0 Å². The summed E-state index contributed by atoms with van der Waals surface area (Å²) >= 11 is 0. The number of rotatable bonds is 3. The average Bonchev–Trinajstić information content (AvgIpc) is 2.68. The second-order valence-corrected chi connectivity index (χ2v) is 6.48. The third-order valence-corrected chi connectivity index (χ3v) is 5.18. The van der Waals surface area contributed by atoms with Gasteiger partial charge >= 0.3 is 0 Å². The average molecular weight is 254 g/mol. The number of nitrogens with two attached hydrogens (primary N) is 1. The molecule has 4 nitrogen and oxygen atoms in total. The molecule has 2 N–H and O–H groups in total. The molecule has 1 aromatic rings. The molecule has 1 unspecified atom stereocenters. The van der Waals surface area contributed by atoms with Crippen LogP contribution in [0.15, 0.2) is 24.3 Å². The maximum absolute atomic E-state index is 12.2. The number of sulfonamides is 1. The van der Waals surface area contributed by atoms with Crippen LogP contribution >= 0.6 is 0 Å². The molecule has 1 fully saturated rings. The van der Waals surface area contributed by atoms with Crippen LogP contribution in [0.2, 0.25) is 0 Å². The molecule has 0 aromatic heterocycles. The Bertz CT molecular complexity index is 499. The van der Waals surface area contributed by atoms with E-state index in [1.165, 1.54) is 0 Å². The van der Waals surface area contributed by atoms with E-state index >= 15 is 0 Å². The van der Waals surface area contributed by atoms with Crippen molar-refractivity contribution in [2.24, 2.45) is 0 Å². The lowest BCUT2D eigenvalue weighted by atomic mass is 10.2. The Kier molecular flexibility index (Phi) is 3.40. The summed E-state index contributed by atoms with van der Waals surface area (Å²) in [4.78, 5) is 0. The first-order valence-corrected chi connectivity index (χ1v) is 7.44. The minimum absolute atomic E-state index is 0.00398. The molecule has 1 aliphatic rings. The van der Waals surface area contributed by atoms with Gasteiger partial charge in [-0.05, 0) is 31.4 Å². The summed E-state index contributed by atoms with van der Waals surface area (Å²) in [6.45, 7) is 2.59. The summed E-state index contributed by atoms with van der Waals surface area (Å²) in [5.41, 5.74) is 7.01. The van der Waals surface area contributed by atoms with Crippen molar-refractivity contribution in [2.45, 2.75) is 31.6 Å². The molecule has 1 saturated heterocycles. The van der Waals surface area contributed by atoms with Crippen molar-refractivity contribution in [1.82, 2.24) is 4.31 Å². The number of para-hydroxylation sites is 1. The van der Waals surface area contributed by atoms with E-state index in [4.69, 9.17) is 5.73 Å². The number of nitrogens with zero attached hydrogens (tertiary/aromatic N) is 1. The second-order valence-electron chi connectivity index (χ2n) is 4.56. The fourth-order valence-electron chi connectivity index (χ4n) is 2.27. The van der Waals surface area contributed by atoms with Crippen LogP contribution in [0.1, 0.15) is 25.3 Å². The van der Waals surface area contributed by atoms with Crippen LogP contribution in [0, 0.1) is 0 Å². The van der Waals surface area contributed by atoms with Crippen LogP contribution in [-0.2, 0) is 15.8 Å². The maximum Gasteiger partial charge on any atom is 0.218 e. The summed E-state index contributed by atoms with van der Waals surface area (Å²) in [7, 11) is -3.23. The third kappa shape index (κ3) is 2.61. The number of benzene rings is 1. The molecule has 0 bridgehead atoms. The van der Waals surface area contributed by atoms with Gasteiger partial charge in [-0.3, -0.25) is 0 Å². The Morgan fingerprint density at radius 3 is 2.71 bits per heavy atom. The van der Waals surface area contributed by atoms with Gasteiger partial charge in [0.1, 0.15) is 0 Å². The van der Waals surface area contributed by atoms with E-state index in [-0.39, 0.29) is 11.8 Å². The molecule has 1 heterocycles. The van der Waals surface area contributed by atoms with Crippen molar-refractivity contribution in [3.8, 4) is 0 Å². The Balaban J connectivity index is 2.21. The Labute approximate surface area is 102 Å². The summed E-state index contributed by atoms with van der Waals surface area (Å²) < 4.78 is 26.1. The highest BCUT2D eigenvalue weighted by Gasteiger charge is 2.31. The Hall–Kier alpha value is -1.07. The molecule has 94 valence electrons. The van der Waals surface area contributed by atoms with E-state index in [9.17, 15) is 8.42 Å². The molecule has 0 spiro atoms. The standard InChI is InChI=1S/C12H18N2O2S/c1-10-5-4-8-14(10)17(15,16)9-11-6-2-3-7-12(11)13/h2-3,6-7,10H,4-5,8-9,13H2,1H3. The first kappa shape index (κ1) is 12.4. The van der Waals surface area contributed by atoms with Gasteiger partial charge in [0.25, 0.3) is 0 Å². The van der Waals surface area contributed by atoms with E-state index in [0.717, 1.165) is 12.8 Å². The van der Waals surface area contributed by atoms with E-state index in [1.807, 2.05) is 19.1 Å². The van der Waals surface area contributed by atoms with Crippen LogP contribution in [0.5, 0.6) is 0 Å². The van der Waals surface area contributed by atoms with E-state index in [2.05, 4.69) is 0 Å². The smallest absolute Gasteiger partial charge is 0.218 e. The lowest BCUT2D eigenvalue weighted by Gasteiger charge is -2.21. The van der Waals surface area contributed by atoms with Crippen molar-refractivity contribution >= 4 is 15.7 Å². The predicted molar refractivity (Wildman–Crippen MR) is 68.9 cm³/mol. The molecule has 5 heteroatoms. The molecule has 1 atom stereocenters. The summed E-state index contributed by atoms with van der Waals surface area (Å²) in [5, 5.41) is 0. The highest BCUT2D eigenvalue weighted by atomic mass is 32.2. The largest absolute Gasteiger partial charge is 0.398 e. The fraction of sp³-hybridized carbons (Fsp3) is 0.500. The summed E-state index contributed by atoms with van der Waals surface area (Å²) in [5.74, 6) is 0.00398. The van der Waals surface area contributed by atoms with E-state index in [0.29, 0.717) is 17.8 Å². The zero-order valence-electron chi connectivity index (χ0n) is 9.96. The van der Waals surface area contributed by atoms with Gasteiger partial charge in [-0.25, -0.2) is 8.42 Å². The SMILES string of the molecule is CC1CCCN1S(=O)(=O)Cc1ccccc1N. The second kappa shape index (κ2) is 4.66. The predicted octanol–water partition coefficient (Wildman–Crippen LogP) is 1.58. The number of nitrogen functional groups attached to an aromatic ring is 1. The molecule has 2 rings (SSSR count). The van der Waals surface area contributed by atoms with Crippen LogP contribution in [-0.4, -0.2) is 25.3 Å². The van der Waals surface area contributed by atoms with Crippen LogP contribution < -0.4 is 5.73 Å². The molecule has 0 amide bonds. The fourth-order valence-corrected chi connectivity index (χ4v) is 4.15. The molecule has 0 radical (unpaired) electrons. The number of hydrogen-bond acceptors (Lipinski definition) is 3. The van der Waals surface area contributed by atoms with E-state index in [1.54, 1.807) is 16.4 Å². The van der Waals surface area contributed by atoms with Crippen molar-refractivity contribution in [3.05, 3.63) is 29.8 Å². The lowest BCUT2D eigenvalue weighted by molar-refractivity contribution is 0.407. The Morgan fingerprint density at radius 2 is 2.12 bits per heavy atom. The van der Waals surface area contributed by atoms with Gasteiger partial charge in [-0.1, -0.05) is 18.2 Å². The first-order chi connectivity index (χ1) is 8.00. The molecular formula is C12H18N2O2S. The molecular weight excluding hydrogens is 236 g/mol. The first-order valence-electron chi connectivity index (χ1n) is 5.83. The van der Waals surface area contributed by atoms with Gasteiger partial charge in [0, 0.05) is 18.3 Å². The quantitative estimate of drug-likeness (QED) is 0.833. The van der Waals surface area contributed by atoms with Crippen LogP contribution in [0.4, 0.5) is 5.69 Å². The molecule has 0 saturated carbocycles. The summed E-state index contributed by atoms with van der Waals surface area (Å²) in [6, 6.07) is 7.25. The van der Waals surface area contributed by atoms with Crippen molar-refractivity contribution in [2.75, 3.05) is 12.3 Å². The monoisotopic (exact) mass is 254 g/mol. The zero-order valence-corrected chi connectivity index (χ0v) is 10.8. The van der Waals surface area contributed by atoms with Gasteiger partial charge in [0.05, 0.1) is 5.75 Å². The van der Waals surface area contributed by atoms with Crippen LogP contribution in [0.25, 0.3) is 0 Å². The highest BCUT2D eigenvalue weighted by Crippen LogP contribution is 2.24. The molecule has 17 heavy (non-hydrogen) atoms. The van der Waals surface area contributed by atoms with Gasteiger partial charge in [0.2, 0.25) is 10.0 Å². The zero-order chi connectivity index (χ0) is 12.5. The van der Waals surface area contributed by atoms with Crippen LogP contribution in [0.3, 0.4) is 0 Å². The Morgan fingerprint density at radius 1 is 1.41 bits per heavy atom. The third-order valence-electron chi connectivity index (χ3n) is 3.24. The minimum Gasteiger partial charge on any atom is -0.398 e. The minimum atomic E-state index is -3.23. The lowest BCUT2D eigenvalue weighted by Crippen LogP contribution is -2.34. The number of anilines is 1. The van der Waals surface area contributed by atoms with Crippen molar-refractivity contribution in [3.63, 3.8) is 0 Å². The highest BCUT2D eigenvalue weighted by molar-refractivity contribution is 7.88. The normalized spacial score (nSPS) is 21.8. The van der Waals surface area contributed by atoms with Crippen molar-refractivity contribution in [1.29, 1.82) is 0 Å². The van der Waals surface area contributed by atoms with Crippen molar-refractivity contribution < 1.29 is 8.42 Å². The topological polar surface area (TPSA) is 63.4 Å². The molecule has 1 aliphatic heterocycles. The van der Waals surface area contributed by atoms with Gasteiger partial charge in [-0.15, -0.1) is 0 Å². The summed E-state index contributed by atoms with van der Waals surface area (Å²) in [6.07, 6.45) is 1.90.